The summed E-state index contributed by atoms with van der Waals surface area (Å²) in [6, 6.07) is 17.9. The maximum atomic E-state index is 12.7. The summed E-state index contributed by atoms with van der Waals surface area (Å²) in [4.78, 5) is 20.8. The van der Waals surface area contributed by atoms with Crippen LogP contribution in [0.4, 0.5) is 0 Å². The predicted molar refractivity (Wildman–Crippen MR) is 113 cm³/mol. The predicted octanol–water partition coefficient (Wildman–Crippen LogP) is 2.75. The van der Waals surface area contributed by atoms with E-state index in [4.69, 9.17) is 4.74 Å². The standard InChI is InChI=1S/C22H30N4O2/c1-5-26(16-18-11-7-6-8-12-18)21(27)15-24-22(23-2)25(3)17-19-13-9-10-14-20(19)28-4/h6-14H,5,15-17H2,1-4H3,(H,23,24). The van der Waals surface area contributed by atoms with Crippen molar-refractivity contribution >= 4 is 11.9 Å². The number of rotatable bonds is 8. The highest BCUT2D eigenvalue weighted by molar-refractivity contribution is 5.86. The number of carbonyl (C=O) groups is 1. The largest absolute Gasteiger partial charge is 0.496 e. The molecule has 0 saturated heterocycles. The third-order valence-electron chi connectivity index (χ3n) is 4.52. The van der Waals surface area contributed by atoms with Crippen LogP contribution in [0.25, 0.3) is 0 Å². The maximum absolute atomic E-state index is 12.7. The van der Waals surface area contributed by atoms with Crippen molar-refractivity contribution in [3.05, 3.63) is 65.7 Å². The number of nitrogens with zero attached hydrogens (tertiary/aromatic N) is 3. The molecule has 0 spiro atoms. The highest BCUT2D eigenvalue weighted by Gasteiger charge is 2.15. The average molecular weight is 383 g/mol. The number of nitrogens with one attached hydrogen (secondary N) is 1. The van der Waals surface area contributed by atoms with Gasteiger partial charge in [0.15, 0.2) is 5.96 Å². The van der Waals surface area contributed by atoms with E-state index in [1.807, 2.05) is 78.4 Å². The van der Waals surface area contributed by atoms with Crippen LogP contribution in [0, 0.1) is 0 Å². The molecule has 0 aliphatic rings. The van der Waals surface area contributed by atoms with Gasteiger partial charge in [0.25, 0.3) is 0 Å². The Morgan fingerprint density at radius 1 is 1.07 bits per heavy atom. The van der Waals surface area contributed by atoms with Gasteiger partial charge in [0.2, 0.25) is 5.91 Å². The van der Waals surface area contributed by atoms with Crippen molar-refractivity contribution in [2.45, 2.75) is 20.0 Å². The topological polar surface area (TPSA) is 57.2 Å². The Morgan fingerprint density at radius 3 is 2.39 bits per heavy atom. The number of benzene rings is 2. The smallest absolute Gasteiger partial charge is 0.242 e. The van der Waals surface area contributed by atoms with Crippen LogP contribution >= 0.6 is 0 Å². The zero-order valence-electron chi connectivity index (χ0n) is 17.2. The molecule has 0 heterocycles. The average Bonchev–Trinajstić information content (AvgIpc) is 2.73. The van der Waals surface area contributed by atoms with E-state index in [0.717, 1.165) is 16.9 Å². The molecule has 0 unspecified atom stereocenters. The molecule has 2 aromatic rings. The van der Waals surface area contributed by atoms with Gasteiger partial charge in [-0.25, -0.2) is 0 Å². The summed E-state index contributed by atoms with van der Waals surface area (Å²) in [5.74, 6) is 1.54. The van der Waals surface area contributed by atoms with Gasteiger partial charge in [-0.2, -0.15) is 0 Å². The molecule has 28 heavy (non-hydrogen) atoms. The SMILES string of the molecule is CCN(Cc1ccccc1)C(=O)CNC(=NC)N(C)Cc1ccccc1OC. The molecule has 0 aromatic heterocycles. The van der Waals surface area contributed by atoms with Crippen molar-refractivity contribution in [1.82, 2.24) is 15.1 Å². The highest BCUT2D eigenvalue weighted by Crippen LogP contribution is 2.18. The number of likely N-dealkylation sites (N-methyl/N-ethyl adjacent to an activating group) is 1. The molecule has 0 fully saturated rings. The van der Waals surface area contributed by atoms with E-state index in [2.05, 4.69) is 10.3 Å². The fourth-order valence-corrected chi connectivity index (χ4v) is 3.00. The molecular formula is C22H30N4O2. The van der Waals surface area contributed by atoms with Crippen LogP contribution in [-0.2, 0) is 17.9 Å². The summed E-state index contributed by atoms with van der Waals surface area (Å²) in [6.45, 7) is 4.07. The summed E-state index contributed by atoms with van der Waals surface area (Å²) in [5, 5.41) is 3.17. The molecule has 0 aliphatic carbocycles. The Balaban J connectivity index is 1.93. The minimum Gasteiger partial charge on any atom is -0.496 e. The van der Waals surface area contributed by atoms with E-state index in [1.165, 1.54) is 0 Å². The molecule has 2 aromatic carbocycles. The first kappa shape index (κ1) is 21.3. The summed E-state index contributed by atoms with van der Waals surface area (Å²) in [6.07, 6.45) is 0. The minimum atomic E-state index is 0.0400. The number of aliphatic imine (C=N–C) groups is 1. The molecule has 0 bridgehead atoms. The van der Waals surface area contributed by atoms with Crippen LogP contribution in [0.5, 0.6) is 5.75 Å². The van der Waals surface area contributed by atoms with Gasteiger partial charge in [-0.05, 0) is 18.6 Å². The van der Waals surface area contributed by atoms with Crippen molar-refractivity contribution in [2.75, 3.05) is 34.3 Å². The second kappa shape index (κ2) is 11.0. The number of methoxy groups -OCH3 is 1. The van der Waals surface area contributed by atoms with Gasteiger partial charge in [0.05, 0.1) is 13.7 Å². The molecule has 1 amide bonds. The van der Waals surface area contributed by atoms with Crippen molar-refractivity contribution in [1.29, 1.82) is 0 Å². The number of para-hydroxylation sites is 1. The zero-order valence-corrected chi connectivity index (χ0v) is 17.2. The third-order valence-corrected chi connectivity index (χ3v) is 4.52. The van der Waals surface area contributed by atoms with E-state index >= 15 is 0 Å². The van der Waals surface area contributed by atoms with Gasteiger partial charge in [0.1, 0.15) is 5.75 Å². The van der Waals surface area contributed by atoms with Gasteiger partial charge in [-0.1, -0.05) is 48.5 Å². The summed E-state index contributed by atoms with van der Waals surface area (Å²) < 4.78 is 5.41. The number of ether oxygens (including phenoxy) is 1. The van der Waals surface area contributed by atoms with Gasteiger partial charge in [-0.3, -0.25) is 9.79 Å². The molecule has 0 aliphatic heterocycles. The normalized spacial score (nSPS) is 11.1. The lowest BCUT2D eigenvalue weighted by Gasteiger charge is -2.25. The summed E-state index contributed by atoms with van der Waals surface area (Å²) >= 11 is 0. The highest BCUT2D eigenvalue weighted by atomic mass is 16.5. The van der Waals surface area contributed by atoms with Crippen LogP contribution in [0.15, 0.2) is 59.6 Å². The van der Waals surface area contributed by atoms with E-state index in [9.17, 15) is 4.79 Å². The quantitative estimate of drug-likeness (QED) is 0.563. The number of hydrogen-bond acceptors (Lipinski definition) is 3. The Labute approximate surface area is 167 Å². The van der Waals surface area contributed by atoms with Crippen molar-refractivity contribution in [3.8, 4) is 5.75 Å². The van der Waals surface area contributed by atoms with E-state index in [-0.39, 0.29) is 12.5 Å². The second-order valence-corrected chi connectivity index (χ2v) is 6.46. The zero-order chi connectivity index (χ0) is 20.4. The Hall–Kier alpha value is -3.02. The molecule has 2 rings (SSSR count). The lowest BCUT2D eigenvalue weighted by atomic mass is 10.2. The number of carbonyl (C=O) groups excluding carboxylic acids is 1. The minimum absolute atomic E-state index is 0.0400. The van der Waals surface area contributed by atoms with Gasteiger partial charge < -0.3 is 19.9 Å². The Bertz CT molecular complexity index is 777. The number of amides is 1. The van der Waals surface area contributed by atoms with E-state index in [1.54, 1.807) is 14.2 Å². The Morgan fingerprint density at radius 2 is 1.75 bits per heavy atom. The second-order valence-electron chi connectivity index (χ2n) is 6.46. The Kier molecular flexibility index (Phi) is 8.34. The summed E-state index contributed by atoms with van der Waals surface area (Å²) in [7, 11) is 5.32. The van der Waals surface area contributed by atoms with Crippen LogP contribution in [0.3, 0.4) is 0 Å². The maximum Gasteiger partial charge on any atom is 0.242 e. The summed E-state index contributed by atoms with van der Waals surface area (Å²) in [5.41, 5.74) is 2.18. The van der Waals surface area contributed by atoms with Gasteiger partial charge >= 0.3 is 0 Å². The first-order valence-electron chi connectivity index (χ1n) is 9.44. The lowest BCUT2D eigenvalue weighted by Crippen LogP contribution is -2.44. The fraction of sp³-hybridized carbons (Fsp3) is 0.364. The van der Waals surface area contributed by atoms with E-state index in [0.29, 0.717) is 25.6 Å². The van der Waals surface area contributed by atoms with Crippen LogP contribution in [-0.4, -0.2) is 56.0 Å². The van der Waals surface area contributed by atoms with Crippen molar-refractivity contribution in [3.63, 3.8) is 0 Å². The van der Waals surface area contributed by atoms with Crippen LogP contribution in [0.1, 0.15) is 18.1 Å². The molecular weight excluding hydrogens is 352 g/mol. The van der Waals surface area contributed by atoms with Gasteiger partial charge in [0, 0.05) is 39.3 Å². The number of guanidine groups is 1. The molecule has 1 N–H and O–H groups in total. The molecule has 150 valence electrons. The third kappa shape index (κ3) is 6.01. The molecule has 0 atom stereocenters. The van der Waals surface area contributed by atoms with Crippen molar-refractivity contribution < 1.29 is 9.53 Å². The number of hydrogen-bond donors (Lipinski definition) is 1. The molecule has 0 saturated carbocycles. The van der Waals surface area contributed by atoms with Crippen molar-refractivity contribution in [2.24, 2.45) is 4.99 Å². The molecule has 0 radical (unpaired) electrons. The first-order valence-corrected chi connectivity index (χ1v) is 9.44. The first-order chi connectivity index (χ1) is 13.6. The fourth-order valence-electron chi connectivity index (χ4n) is 3.00. The monoisotopic (exact) mass is 382 g/mol. The van der Waals surface area contributed by atoms with Crippen LogP contribution < -0.4 is 10.1 Å². The van der Waals surface area contributed by atoms with Crippen LogP contribution in [0.2, 0.25) is 0 Å². The molecule has 6 nitrogen and oxygen atoms in total. The lowest BCUT2D eigenvalue weighted by molar-refractivity contribution is -0.130. The molecule has 6 heteroatoms. The van der Waals surface area contributed by atoms with E-state index < -0.39 is 0 Å². The van der Waals surface area contributed by atoms with Gasteiger partial charge in [-0.15, -0.1) is 0 Å².